The van der Waals surface area contributed by atoms with E-state index in [0.29, 0.717) is 5.56 Å². The summed E-state index contributed by atoms with van der Waals surface area (Å²) < 4.78 is 10.4. The van der Waals surface area contributed by atoms with Crippen LogP contribution in [0, 0.1) is 11.8 Å². The summed E-state index contributed by atoms with van der Waals surface area (Å²) in [5.74, 6) is -1.73. The van der Waals surface area contributed by atoms with Crippen LogP contribution in [0.2, 0.25) is 10.3 Å². The maximum Gasteiger partial charge on any atom is 0.318 e. The van der Waals surface area contributed by atoms with Crippen molar-refractivity contribution in [3.63, 3.8) is 0 Å². The molecule has 1 aliphatic heterocycles. The van der Waals surface area contributed by atoms with Crippen molar-refractivity contribution in [1.82, 2.24) is 10.3 Å². The first kappa shape index (κ1) is 19.0. The number of carbonyl (C=O) groups is 2. The predicted octanol–water partition coefficient (Wildman–Crippen LogP) is 2.57. The van der Waals surface area contributed by atoms with Gasteiger partial charge in [-0.1, -0.05) is 43.1 Å². The normalized spacial score (nSPS) is 17.1. The van der Waals surface area contributed by atoms with Gasteiger partial charge in [0.1, 0.15) is 21.8 Å². The smallest absolute Gasteiger partial charge is 0.318 e. The summed E-state index contributed by atoms with van der Waals surface area (Å²) in [6.07, 6.45) is 0. The van der Waals surface area contributed by atoms with Gasteiger partial charge in [0.2, 0.25) is 5.91 Å². The standard InChI is InChI=1S/C16H20Cl2N2O4/c1-9(2)6-24-15(22)10(3)14(21)20-16(7-23-8-16)11-4-5-12(17)19-13(11)18/h4-5,9-10H,6-8H2,1-3H3,(H,20,21). The third-order valence-electron chi connectivity index (χ3n) is 3.70. The predicted molar refractivity (Wildman–Crippen MR) is 89.9 cm³/mol. The Morgan fingerprint density at radius 1 is 1.33 bits per heavy atom. The van der Waals surface area contributed by atoms with Crippen molar-refractivity contribution in [2.45, 2.75) is 26.3 Å². The third kappa shape index (κ3) is 4.18. The molecule has 0 radical (unpaired) electrons. The van der Waals surface area contributed by atoms with Gasteiger partial charge in [0.05, 0.1) is 19.8 Å². The lowest BCUT2D eigenvalue weighted by Crippen LogP contribution is -2.61. The van der Waals surface area contributed by atoms with E-state index in [4.69, 9.17) is 32.7 Å². The fourth-order valence-corrected chi connectivity index (χ4v) is 2.72. The van der Waals surface area contributed by atoms with Crippen molar-refractivity contribution >= 4 is 35.1 Å². The Labute approximate surface area is 150 Å². The maximum absolute atomic E-state index is 12.4. The van der Waals surface area contributed by atoms with Crippen LogP contribution in [-0.2, 0) is 24.6 Å². The van der Waals surface area contributed by atoms with E-state index in [1.165, 1.54) is 6.92 Å². The number of halogens is 2. The number of esters is 1. The molecule has 1 N–H and O–H groups in total. The first-order chi connectivity index (χ1) is 11.2. The fourth-order valence-electron chi connectivity index (χ4n) is 2.20. The number of pyridine rings is 1. The van der Waals surface area contributed by atoms with Crippen molar-refractivity contribution in [3.05, 3.63) is 28.0 Å². The molecule has 24 heavy (non-hydrogen) atoms. The monoisotopic (exact) mass is 374 g/mol. The van der Waals surface area contributed by atoms with E-state index in [1.54, 1.807) is 12.1 Å². The molecule has 1 fully saturated rings. The van der Waals surface area contributed by atoms with Crippen LogP contribution in [0.25, 0.3) is 0 Å². The zero-order valence-electron chi connectivity index (χ0n) is 13.8. The quantitative estimate of drug-likeness (QED) is 0.470. The number of carbonyl (C=O) groups excluding carboxylic acids is 2. The maximum atomic E-state index is 12.4. The van der Waals surface area contributed by atoms with Crippen LogP contribution in [0.15, 0.2) is 12.1 Å². The van der Waals surface area contributed by atoms with Gasteiger partial charge in [-0.15, -0.1) is 0 Å². The van der Waals surface area contributed by atoms with E-state index in [0.717, 1.165) is 0 Å². The van der Waals surface area contributed by atoms with Crippen molar-refractivity contribution < 1.29 is 19.1 Å². The molecule has 0 saturated carbocycles. The van der Waals surface area contributed by atoms with E-state index in [9.17, 15) is 9.59 Å². The molecule has 132 valence electrons. The first-order valence-corrected chi connectivity index (χ1v) is 8.39. The van der Waals surface area contributed by atoms with Crippen LogP contribution in [0.5, 0.6) is 0 Å². The minimum atomic E-state index is -0.930. The highest BCUT2D eigenvalue weighted by atomic mass is 35.5. The number of hydrogen-bond acceptors (Lipinski definition) is 5. The zero-order valence-corrected chi connectivity index (χ0v) is 15.3. The minimum Gasteiger partial charge on any atom is -0.465 e. The van der Waals surface area contributed by atoms with Crippen molar-refractivity contribution in [3.8, 4) is 0 Å². The second kappa shape index (κ2) is 7.68. The molecule has 2 rings (SSSR count). The highest BCUT2D eigenvalue weighted by molar-refractivity contribution is 6.33. The lowest BCUT2D eigenvalue weighted by atomic mass is 9.88. The van der Waals surface area contributed by atoms with Gasteiger partial charge in [-0.3, -0.25) is 9.59 Å². The van der Waals surface area contributed by atoms with E-state index in [-0.39, 0.29) is 36.0 Å². The number of hydrogen-bond donors (Lipinski definition) is 1. The van der Waals surface area contributed by atoms with E-state index in [2.05, 4.69) is 10.3 Å². The number of nitrogens with zero attached hydrogens (tertiary/aromatic N) is 1. The summed E-state index contributed by atoms with van der Waals surface area (Å²) >= 11 is 12.0. The number of rotatable bonds is 6. The molecule has 1 unspecified atom stereocenters. The second-order valence-corrected chi connectivity index (χ2v) is 7.03. The summed E-state index contributed by atoms with van der Waals surface area (Å²) in [7, 11) is 0. The zero-order chi connectivity index (χ0) is 17.9. The lowest BCUT2D eigenvalue weighted by Gasteiger charge is -2.43. The topological polar surface area (TPSA) is 77.5 Å². The van der Waals surface area contributed by atoms with Crippen LogP contribution in [0.3, 0.4) is 0 Å². The Morgan fingerprint density at radius 3 is 2.50 bits per heavy atom. The molecule has 0 aromatic carbocycles. The summed E-state index contributed by atoms with van der Waals surface area (Å²) in [6.45, 7) is 6.12. The minimum absolute atomic E-state index is 0.195. The van der Waals surface area contributed by atoms with Gasteiger partial charge < -0.3 is 14.8 Å². The summed E-state index contributed by atoms with van der Waals surface area (Å²) in [5, 5.41) is 3.30. The summed E-state index contributed by atoms with van der Waals surface area (Å²) in [5.41, 5.74) is -0.200. The van der Waals surface area contributed by atoms with Gasteiger partial charge in [0, 0.05) is 5.56 Å². The molecule has 1 saturated heterocycles. The highest BCUT2D eigenvalue weighted by Gasteiger charge is 2.45. The average Bonchev–Trinajstić information content (AvgIpc) is 2.48. The van der Waals surface area contributed by atoms with E-state index >= 15 is 0 Å². The molecule has 8 heteroatoms. The molecule has 2 heterocycles. The summed E-state index contributed by atoms with van der Waals surface area (Å²) in [4.78, 5) is 28.4. The van der Waals surface area contributed by atoms with Crippen molar-refractivity contribution in [1.29, 1.82) is 0 Å². The van der Waals surface area contributed by atoms with Gasteiger partial charge in [-0.25, -0.2) is 4.98 Å². The van der Waals surface area contributed by atoms with Gasteiger partial charge in [0.25, 0.3) is 0 Å². The second-order valence-electron chi connectivity index (χ2n) is 6.28. The Hall–Kier alpha value is -1.37. The van der Waals surface area contributed by atoms with Gasteiger partial charge >= 0.3 is 5.97 Å². The average molecular weight is 375 g/mol. The Morgan fingerprint density at radius 2 is 2.00 bits per heavy atom. The van der Waals surface area contributed by atoms with Crippen LogP contribution in [0.1, 0.15) is 26.3 Å². The lowest BCUT2D eigenvalue weighted by molar-refractivity contribution is -0.155. The Bertz CT molecular complexity index is 633. The van der Waals surface area contributed by atoms with Crippen LogP contribution in [-0.4, -0.2) is 36.7 Å². The largest absolute Gasteiger partial charge is 0.465 e. The van der Waals surface area contributed by atoms with Crippen molar-refractivity contribution in [2.75, 3.05) is 19.8 Å². The van der Waals surface area contributed by atoms with E-state index in [1.807, 2.05) is 13.8 Å². The van der Waals surface area contributed by atoms with Gasteiger partial charge in [0.15, 0.2) is 0 Å². The van der Waals surface area contributed by atoms with E-state index < -0.39 is 23.3 Å². The van der Waals surface area contributed by atoms with Gasteiger partial charge in [-0.05, 0) is 18.9 Å². The molecule has 1 amide bonds. The first-order valence-electron chi connectivity index (χ1n) is 7.64. The molecule has 1 aromatic rings. The molecule has 1 aliphatic rings. The molecule has 6 nitrogen and oxygen atoms in total. The number of nitrogens with one attached hydrogen (secondary N) is 1. The summed E-state index contributed by atoms with van der Waals surface area (Å²) in [6, 6.07) is 3.29. The Kier molecular flexibility index (Phi) is 6.06. The molecular weight excluding hydrogens is 355 g/mol. The Balaban J connectivity index is 2.09. The molecule has 0 aliphatic carbocycles. The molecule has 1 atom stereocenters. The molecular formula is C16H20Cl2N2O4. The molecule has 1 aromatic heterocycles. The third-order valence-corrected chi connectivity index (χ3v) is 4.19. The van der Waals surface area contributed by atoms with Gasteiger partial charge in [-0.2, -0.15) is 0 Å². The fraction of sp³-hybridized carbons (Fsp3) is 0.562. The number of ether oxygens (including phenoxy) is 2. The number of aromatic nitrogens is 1. The van der Waals surface area contributed by atoms with Crippen LogP contribution in [0.4, 0.5) is 0 Å². The van der Waals surface area contributed by atoms with Crippen LogP contribution < -0.4 is 5.32 Å². The number of amides is 1. The van der Waals surface area contributed by atoms with Crippen molar-refractivity contribution in [2.24, 2.45) is 11.8 Å². The highest BCUT2D eigenvalue weighted by Crippen LogP contribution is 2.34. The molecule has 0 spiro atoms. The van der Waals surface area contributed by atoms with Crippen LogP contribution >= 0.6 is 23.2 Å². The SMILES string of the molecule is CC(C)COC(=O)C(C)C(=O)NC1(c2ccc(Cl)nc2Cl)COC1. The molecule has 0 bridgehead atoms.